The molecular formula is C25H28N4O2. The van der Waals surface area contributed by atoms with E-state index < -0.39 is 0 Å². The fourth-order valence-corrected chi connectivity index (χ4v) is 4.19. The maximum atomic E-state index is 12.0. The van der Waals surface area contributed by atoms with Gasteiger partial charge in [0.15, 0.2) is 0 Å². The lowest BCUT2D eigenvalue weighted by molar-refractivity contribution is 0.0600. The number of anilines is 1. The van der Waals surface area contributed by atoms with E-state index in [9.17, 15) is 4.79 Å². The van der Waals surface area contributed by atoms with Crippen molar-refractivity contribution >= 4 is 11.8 Å². The van der Waals surface area contributed by atoms with Gasteiger partial charge in [0, 0.05) is 43.7 Å². The van der Waals surface area contributed by atoms with E-state index in [0.29, 0.717) is 5.56 Å². The number of nitrogens with one attached hydrogen (secondary N) is 1. The molecule has 160 valence electrons. The van der Waals surface area contributed by atoms with Crippen LogP contribution in [-0.2, 0) is 17.6 Å². The number of benzene rings is 1. The molecule has 0 radical (unpaired) electrons. The number of carbonyl (C=O) groups is 1. The summed E-state index contributed by atoms with van der Waals surface area (Å²) in [6, 6.07) is 12.1. The number of hydrogen-bond acceptors (Lipinski definition) is 6. The number of fused-ring (bicyclic) bond motifs is 3. The van der Waals surface area contributed by atoms with Gasteiger partial charge in [-0.1, -0.05) is 12.1 Å². The van der Waals surface area contributed by atoms with Gasteiger partial charge in [-0.3, -0.25) is 4.98 Å². The SMILES string of the molecule is CNCCCN(C)c1nc(Cc2cccnc2)cc2c1-c1ccc(C(=O)OC)cc1C2. The third-order valence-corrected chi connectivity index (χ3v) is 5.70. The monoisotopic (exact) mass is 416 g/mol. The Morgan fingerprint density at radius 3 is 2.84 bits per heavy atom. The first-order chi connectivity index (χ1) is 15.1. The van der Waals surface area contributed by atoms with Crippen molar-refractivity contribution in [1.82, 2.24) is 15.3 Å². The van der Waals surface area contributed by atoms with Crippen molar-refractivity contribution in [3.8, 4) is 11.1 Å². The highest BCUT2D eigenvalue weighted by Crippen LogP contribution is 2.42. The highest BCUT2D eigenvalue weighted by Gasteiger charge is 2.26. The maximum Gasteiger partial charge on any atom is 0.337 e. The zero-order chi connectivity index (χ0) is 21.8. The van der Waals surface area contributed by atoms with Gasteiger partial charge in [-0.05, 0) is 73.0 Å². The molecule has 3 aromatic rings. The molecule has 1 N–H and O–H groups in total. The van der Waals surface area contributed by atoms with E-state index in [-0.39, 0.29) is 5.97 Å². The molecule has 0 unspecified atom stereocenters. The van der Waals surface area contributed by atoms with Crippen LogP contribution in [0.25, 0.3) is 11.1 Å². The third-order valence-electron chi connectivity index (χ3n) is 5.70. The van der Waals surface area contributed by atoms with Gasteiger partial charge in [0.2, 0.25) is 0 Å². The summed E-state index contributed by atoms with van der Waals surface area (Å²) in [7, 11) is 5.49. The molecule has 6 nitrogen and oxygen atoms in total. The molecule has 0 aliphatic heterocycles. The minimum absolute atomic E-state index is 0.307. The maximum absolute atomic E-state index is 12.0. The highest BCUT2D eigenvalue weighted by molar-refractivity contribution is 5.93. The Balaban J connectivity index is 1.74. The lowest BCUT2D eigenvalue weighted by atomic mass is 10.0. The molecule has 1 aromatic carbocycles. The van der Waals surface area contributed by atoms with Gasteiger partial charge < -0.3 is 15.0 Å². The van der Waals surface area contributed by atoms with Crippen molar-refractivity contribution in [3.63, 3.8) is 0 Å². The predicted octanol–water partition coefficient (Wildman–Crippen LogP) is 3.47. The second kappa shape index (κ2) is 9.27. The first kappa shape index (κ1) is 21.0. The Hall–Kier alpha value is -3.25. The zero-order valence-corrected chi connectivity index (χ0v) is 18.3. The summed E-state index contributed by atoms with van der Waals surface area (Å²) in [6.07, 6.45) is 6.24. The lowest BCUT2D eigenvalue weighted by Gasteiger charge is -2.22. The Morgan fingerprint density at radius 2 is 2.10 bits per heavy atom. The number of ether oxygens (including phenoxy) is 1. The number of methoxy groups -OCH3 is 1. The van der Waals surface area contributed by atoms with Crippen LogP contribution in [0, 0.1) is 0 Å². The van der Waals surface area contributed by atoms with Gasteiger partial charge in [-0.15, -0.1) is 0 Å². The van der Waals surface area contributed by atoms with E-state index in [2.05, 4.69) is 34.4 Å². The Labute approximate surface area is 183 Å². The van der Waals surface area contributed by atoms with Crippen molar-refractivity contribution < 1.29 is 9.53 Å². The van der Waals surface area contributed by atoms with Gasteiger partial charge in [0.25, 0.3) is 0 Å². The van der Waals surface area contributed by atoms with Gasteiger partial charge in [-0.2, -0.15) is 0 Å². The summed E-state index contributed by atoms with van der Waals surface area (Å²) in [5, 5.41) is 3.21. The second-order valence-corrected chi connectivity index (χ2v) is 7.93. The van der Waals surface area contributed by atoms with Crippen molar-refractivity contribution in [2.24, 2.45) is 0 Å². The zero-order valence-electron chi connectivity index (χ0n) is 18.3. The normalized spacial score (nSPS) is 11.7. The molecule has 4 rings (SSSR count). The topological polar surface area (TPSA) is 67.3 Å². The molecule has 0 saturated carbocycles. The van der Waals surface area contributed by atoms with Crippen LogP contribution in [0.2, 0.25) is 0 Å². The van der Waals surface area contributed by atoms with Crippen LogP contribution in [0.4, 0.5) is 5.82 Å². The third kappa shape index (κ3) is 4.44. The van der Waals surface area contributed by atoms with Crippen LogP contribution in [0.15, 0.2) is 48.8 Å². The van der Waals surface area contributed by atoms with Gasteiger partial charge in [0.05, 0.1) is 12.7 Å². The van der Waals surface area contributed by atoms with Crippen LogP contribution >= 0.6 is 0 Å². The van der Waals surface area contributed by atoms with E-state index in [1.807, 2.05) is 37.5 Å². The molecule has 0 saturated heterocycles. The minimum atomic E-state index is -0.307. The number of pyridine rings is 2. The smallest absolute Gasteiger partial charge is 0.337 e. The number of aromatic nitrogens is 2. The van der Waals surface area contributed by atoms with Crippen molar-refractivity contribution in [3.05, 3.63) is 76.7 Å². The van der Waals surface area contributed by atoms with Gasteiger partial charge >= 0.3 is 5.97 Å². The van der Waals surface area contributed by atoms with E-state index in [1.54, 1.807) is 6.20 Å². The fraction of sp³-hybridized carbons (Fsp3) is 0.320. The largest absolute Gasteiger partial charge is 0.465 e. The number of carbonyl (C=O) groups excluding carboxylic acids is 1. The number of rotatable bonds is 8. The number of hydrogen-bond donors (Lipinski definition) is 1. The van der Waals surface area contributed by atoms with E-state index in [4.69, 9.17) is 9.72 Å². The summed E-state index contributed by atoms with van der Waals surface area (Å²) >= 11 is 0. The van der Waals surface area contributed by atoms with E-state index in [0.717, 1.165) is 60.6 Å². The summed E-state index contributed by atoms with van der Waals surface area (Å²) in [4.78, 5) is 23.6. The molecule has 0 atom stereocenters. The number of esters is 1. The van der Waals surface area contributed by atoms with Crippen molar-refractivity contribution in [2.45, 2.75) is 19.3 Å². The summed E-state index contributed by atoms with van der Waals surface area (Å²) in [5.41, 5.74) is 7.48. The highest BCUT2D eigenvalue weighted by atomic mass is 16.5. The lowest BCUT2D eigenvalue weighted by Crippen LogP contribution is -2.24. The van der Waals surface area contributed by atoms with Crippen LogP contribution in [-0.4, -0.2) is 50.2 Å². The molecule has 0 fully saturated rings. The van der Waals surface area contributed by atoms with Crippen LogP contribution in [0.3, 0.4) is 0 Å². The number of nitrogens with zero attached hydrogens (tertiary/aromatic N) is 3. The quantitative estimate of drug-likeness (QED) is 0.350. The summed E-state index contributed by atoms with van der Waals surface area (Å²) in [6.45, 7) is 1.87. The molecule has 31 heavy (non-hydrogen) atoms. The van der Waals surface area contributed by atoms with E-state index in [1.165, 1.54) is 18.2 Å². The molecular weight excluding hydrogens is 388 g/mol. The molecule has 1 aliphatic carbocycles. The molecule has 2 heterocycles. The van der Waals surface area contributed by atoms with Crippen LogP contribution in [0.5, 0.6) is 0 Å². The molecule has 2 aromatic heterocycles. The summed E-state index contributed by atoms with van der Waals surface area (Å²) in [5.74, 6) is 0.690. The first-order valence-electron chi connectivity index (χ1n) is 10.6. The minimum Gasteiger partial charge on any atom is -0.465 e. The molecule has 0 bridgehead atoms. The predicted molar refractivity (Wildman–Crippen MR) is 123 cm³/mol. The first-order valence-corrected chi connectivity index (χ1v) is 10.6. The average Bonchev–Trinajstić information content (AvgIpc) is 3.16. The summed E-state index contributed by atoms with van der Waals surface area (Å²) < 4.78 is 4.90. The Morgan fingerprint density at radius 1 is 1.23 bits per heavy atom. The average molecular weight is 417 g/mol. The van der Waals surface area contributed by atoms with Gasteiger partial charge in [-0.25, -0.2) is 9.78 Å². The van der Waals surface area contributed by atoms with Crippen LogP contribution in [0.1, 0.15) is 39.2 Å². The van der Waals surface area contributed by atoms with Gasteiger partial charge in [0.1, 0.15) is 5.82 Å². The second-order valence-electron chi connectivity index (χ2n) is 7.93. The molecule has 1 aliphatic rings. The standard InChI is InChI=1S/C25H28N4O2/c1-26-9-5-11-29(2)24-23-20(15-21(28-24)12-17-6-4-10-27-16-17)14-19-13-18(25(30)31-3)7-8-22(19)23/h4,6-8,10,13,15-16,26H,5,9,11-12,14H2,1-3H3. The fourth-order valence-electron chi connectivity index (χ4n) is 4.19. The molecule has 0 spiro atoms. The van der Waals surface area contributed by atoms with Crippen LogP contribution < -0.4 is 10.2 Å². The van der Waals surface area contributed by atoms with Crippen molar-refractivity contribution in [2.75, 3.05) is 39.2 Å². The van der Waals surface area contributed by atoms with Crippen molar-refractivity contribution in [1.29, 1.82) is 0 Å². The van der Waals surface area contributed by atoms with E-state index >= 15 is 0 Å². The molecule has 0 amide bonds. The Bertz CT molecular complexity index is 1080. The Kier molecular flexibility index (Phi) is 6.28. The molecule has 6 heteroatoms.